The van der Waals surface area contributed by atoms with E-state index in [1.54, 1.807) is 6.07 Å². The van der Waals surface area contributed by atoms with E-state index in [9.17, 15) is 9.90 Å². The zero-order valence-corrected chi connectivity index (χ0v) is 25.4. The fourth-order valence-electron chi connectivity index (χ4n) is 4.75. The van der Waals surface area contributed by atoms with Crippen LogP contribution in [-0.4, -0.2) is 41.6 Å². The molecule has 0 amide bonds. The maximum atomic E-state index is 12.6. The summed E-state index contributed by atoms with van der Waals surface area (Å²) in [4.78, 5) is 19.7. The van der Waals surface area contributed by atoms with Crippen LogP contribution in [0.4, 0.5) is 11.6 Å². The lowest BCUT2D eigenvalue weighted by Gasteiger charge is -2.40. The Morgan fingerprint density at radius 1 is 1.14 bits per heavy atom. The van der Waals surface area contributed by atoms with Gasteiger partial charge < -0.3 is 19.0 Å². The first-order valence-electron chi connectivity index (χ1n) is 12.6. The van der Waals surface area contributed by atoms with E-state index in [1.165, 1.54) is 0 Å². The van der Waals surface area contributed by atoms with Gasteiger partial charge in [-0.1, -0.05) is 68.6 Å². The van der Waals surface area contributed by atoms with Crippen LogP contribution in [0.25, 0.3) is 11.0 Å². The zero-order valence-electron chi connectivity index (χ0n) is 22.1. The number of carbonyl (C=O) groups is 1. The number of carboxylic acid groups (broad SMARTS) is 1. The average Bonchev–Trinajstić information content (AvgIpc) is 3.20. The van der Waals surface area contributed by atoms with E-state index in [0.717, 1.165) is 42.2 Å². The molecule has 0 aliphatic carbocycles. The van der Waals surface area contributed by atoms with Crippen molar-refractivity contribution in [2.45, 2.75) is 77.2 Å². The van der Waals surface area contributed by atoms with Crippen molar-refractivity contribution in [3.63, 3.8) is 0 Å². The van der Waals surface area contributed by atoms with Gasteiger partial charge in [0.15, 0.2) is 8.32 Å². The summed E-state index contributed by atoms with van der Waals surface area (Å²) in [5.41, 5.74) is 3.21. The maximum absolute atomic E-state index is 12.6. The van der Waals surface area contributed by atoms with E-state index in [0.29, 0.717) is 27.0 Å². The summed E-state index contributed by atoms with van der Waals surface area (Å²) in [6.45, 7) is 14.0. The van der Waals surface area contributed by atoms with E-state index < -0.39 is 20.4 Å². The van der Waals surface area contributed by atoms with Crippen molar-refractivity contribution in [3.05, 3.63) is 51.0 Å². The molecule has 0 spiro atoms. The lowest BCUT2D eigenvalue weighted by atomic mass is 9.90. The van der Waals surface area contributed by atoms with Crippen LogP contribution in [0.1, 0.15) is 52.0 Å². The molecule has 1 N–H and O–H groups in total. The van der Waals surface area contributed by atoms with Gasteiger partial charge in [0.25, 0.3) is 0 Å². The Balaban J connectivity index is 1.88. The molecule has 6 nitrogen and oxygen atoms in total. The number of hydrogen-bond acceptors (Lipinski definition) is 4. The zero-order chi connectivity index (χ0) is 27.3. The Morgan fingerprint density at radius 2 is 1.84 bits per heavy atom. The Morgan fingerprint density at radius 3 is 2.43 bits per heavy atom. The number of fused-ring (bicyclic) bond motifs is 3. The molecular formula is C27H34Cl3N3O3Si. The molecule has 1 aliphatic rings. The van der Waals surface area contributed by atoms with E-state index in [4.69, 9.17) is 44.2 Å². The van der Waals surface area contributed by atoms with Crippen molar-refractivity contribution >= 4 is 71.8 Å². The molecule has 0 saturated heterocycles. The van der Waals surface area contributed by atoms with Crippen molar-refractivity contribution in [1.29, 1.82) is 0 Å². The lowest BCUT2D eigenvalue weighted by Crippen LogP contribution is -2.48. The molecule has 0 saturated carbocycles. The Hall–Kier alpha value is -1.77. The molecule has 1 aliphatic heterocycles. The standard InChI is InChI=1S/C27H34Cl3N3O3Si/c1-7-17(24(25(34)35)36-37(5,6)27(2,3)4)18-10-11-19(29)22-23(18)33-14-8-13-32(26(33)31-22)21-12-9-16(28)15-20(21)30/h9-12,15,17,24H,7-8,13-14H2,1-6H3,(H,34,35). The van der Waals surface area contributed by atoms with Crippen LogP contribution in [0.3, 0.4) is 0 Å². The number of imidazole rings is 1. The van der Waals surface area contributed by atoms with Crippen LogP contribution in [-0.2, 0) is 15.8 Å². The molecule has 2 unspecified atom stereocenters. The van der Waals surface area contributed by atoms with E-state index in [2.05, 4.69) is 43.3 Å². The summed E-state index contributed by atoms with van der Waals surface area (Å²) in [7, 11) is -2.36. The van der Waals surface area contributed by atoms with Gasteiger partial charge in [-0.15, -0.1) is 0 Å². The highest BCUT2D eigenvalue weighted by Gasteiger charge is 2.43. The van der Waals surface area contributed by atoms with Gasteiger partial charge >= 0.3 is 5.97 Å². The molecule has 4 rings (SSSR count). The number of aliphatic carboxylic acids is 1. The second-order valence-electron chi connectivity index (χ2n) is 11.1. The molecule has 0 radical (unpaired) electrons. The van der Waals surface area contributed by atoms with E-state index in [-0.39, 0.29) is 11.0 Å². The molecule has 37 heavy (non-hydrogen) atoms. The predicted octanol–water partition coefficient (Wildman–Crippen LogP) is 8.51. The molecule has 200 valence electrons. The summed E-state index contributed by atoms with van der Waals surface area (Å²) in [6.07, 6.45) is 0.477. The summed E-state index contributed by atoms with van der Waals surface area (Å²) in [6, 6.07) is 9.18. The molecule has 10 heteroatoms. The van der Waals surface area contributed by atoms with Gasteiger partial charge in [0.1, 0.15) is 11.6 Å². The SMILES string of the molecule is CCC(c1ccc(Cl)c2nc3n(c12)CCCN3c1ccc(Cl)cc1Cl)C(O[Si](C)(C)C(C)(C)C)C(=O)O. The van der Waals surface area contributed by atoms with Crippen molar-refractivity contribution in [2.75, 3.05) is 11.4 Å². The highest BCUT2D eigenvalue weighted by Crippen LogP contribution is 2.44. The molecule has 3 aromatic rings. The number of benzene rings is 2. The monoisotopic (exact) mass is 581 g/mol. The van der Waals surface area contributed by atoms with Gasteiger partial charge in [0.05, 0.1) is 21.2 Å². The van der Waals surface area contributed by atoms with Gasteiger partial charge in [-0.05, 0) is 60.8 Å². The van der Waals surface area contributed by atoms with Crippen molar-refractivity contribution < 1.29 is 14.3 Å². The highest BCUT2D eigenvalue weighted by atomic mass is 35.5. The molecule has 2 aromatic carbocycles. The molecule has 1 aromatic heterocycles. The van der Waals surface area contributed by atoms with Crippen molar-refractivity contribution in [2.24, 2.45) is 0 Å². The summed E-state index contributed by atoms with van der Waals surface area (Å²) in [5.74, 6) is -0.596. The Bertz CT molecular complexity index is 1340. The number of halogens is 3. The second kappa shape index (κ2) is 10.4. The largest absolute Gasteiger partial charge is 0.479 e. The first kappa shape index (κ1) is 28.2. The molecule has 0 bridgehead atoms. The van der Waals surface area contributed by atoms with Crippen molar-refractivity contribution in [1.82, 2.24) is 9.55 Å². The molecule has 0 fully saturated rings. The Labute approximate surface area is 234 Å². The van der Waals surface area contributed by atoms with Crippen LogP contribution < -0.4 is 4.90 Å². The minimum atomic E-state index is -2.36. The number of hydrogen-bond donors (Lipinski definition) is 1. The van der Waals surface area contributed by atoms with Gasteiger partial charge in [-0.25, -0.2) is 9.78 Å². The third kappa shape index (κ3) is 5.26. The fourth-order valence-corrected chi connectivity index (χ4v) is 6.71. The van der Waals surface area contributed by atoms with Crippen LogP contribution in [0.2, 0.25) is 33.2 Å². The Kier molecular flexibility index (Phi) is 7.95. The van der Waals surface area contributed by atoms with E-state index >= 15 is 0 Å². The van der Waals surface area contributed by atoms with E-state index in [1.807, 2.05) is 31.2 Å². The van der Waals surface area contributed by atoms with Gasteiger partial charge in [-0.3, -0.25) is 0 Å². The number of aromatic nitrogens is 2. The molecule has 2 atom stereocenters. The third-order valence-electron chi connectivity index (χ3n) is 7.74. The minimum absolute atomic E-state index is 0.123. The quantitative estimate of drug-likeness (QED) is 0.283. The predicted molar refractivity (Wildman–Crippen MR) is 156 cm³/mol. The number of anilines is 2. The van der Waals surface area contributed by atoms with Gasteiger partial charge in [-0.2, -0.15) is 0 Å². The van der Waals surface area contributed by atoms with Crippen LogP contribution >= 0.6 is 34.8 Å². The summed E-state index contributed by atoms with van der Waals surface area (Å²) >= 11 is 19.4. The van der Waals surface area contributed by atoms with Crippen LogP contribution in [0.5, 0.6) is 0 Å². The normalized spacial score (nSPS) is 16.1. The third-order valence-corrected chi connectivity index (χ3v) is 13.0. The van der Waals surface area contributed by atoms with Gasteiger partial charge in [0, 0.05) is 24.0 Å². The highest BCUT2D eigenvalue weighted by molar-refractivity contribution is 6.74. The average molecular weight is 583 g/mol. The first-order chi connectivity index (χ1) is 17.3. The lowest BCUT2D eigenvalue weighted by molar-refractivity contribution is -0.146. The first-order valence-corrected chi connectivity index (χ1v) is 16.6. The molecule has 2 heterocycles. The summed E-state index contributed by atoms with van der Waals surface area (Å²) < 4.78 is 8.66. The topological polar surface area (TPSA) is 67.6 Å². The summed E-state index contributed by atoms with van der Waals surface area (Å²) in [5, 5.41) is 11.8. The van der Waals surface area contributed by atoms with Crippen LogP contribution in [0, 0.1) is 0 Å². The maximum Gasteiger partial charge on any atom is 0.332 e. The van der Waals surface area contributed by atoms with Crippen molar-refractivity contribution in [3.8, 4) is 0 Å². The number of aryl methyl sites for hydroxylation is 1. The molecular weight excluding hydrogens is 549 g/mol. The number of carboxylic acids is 1. The smallest absolute Gasteiger partial charge is 0.332 e. The fraction of sp³-hybridized carbons (Fsp3) is 0.481. The van der Waals surface area contributed by atoms with Crippen LogP contribution in [0.15, 0.2) is 30.3 Å². The van der Waals surface area contributed by atoms with Gasteiger partial charge in [0.2, 0.25) is 5.95 Å². The minimum Gasteiger partial charge on any atom is -0.479 e. The second-order valence-corrected chi connectivity index (χ2v) is 17.2. The number of nitrogens with zero attached hydrogens (tertiary/aromatic N) is 3. The number of rotatable bonds is 7.